The molecule has 1 fully saturated rings. The minimum atomic E-state index is -0.569. The van der Waals surface area contributed by atoms with E-state index in [0.717, 1.165) is 31.4 Å². The zero-order chi connectivity index (χ0) is 30.8. The smallest absolute Gasteiger partial charge is 0.226 e. The molecule has 3 atom stereocenters. The molecule has 5 rings (SSSR count). The minimum Gasteiger partial charge on any atom is -0.370 e. The van der Waals surface area contributed by atoms with Crippen LogP contribution < -0.4 is 22.1 Å². The number of carbonyl (C=O) groups excluding carboxylic acids is 2. The van der Waals surface area contributed by atoms with Gasteiger partial charge in [-0.25, -0.2) is 4.98 Å². The number of H-pyrrole nitrogens is 1. The number of aromatic nitrogens is 2. The van der Waals surface area contributed by atoms with Gasteiger partial charge in [-0.2, -0.15) is 0 Å². The van der Waals surface area contributed by atoms with Gasteiger partial charge in [0.1, 0.15) is 0 Å². The zero-order valence-corrected chi connectivity index (χ0v) is 25.2. The maximum atomic E-state index is 13.9. The second-order valence-electron chi connectivity index (χ2n) is 11.8. The molecule has 230 valence electrons. The first kappa shape index (κ1) is 30.8. The number of nitrogens with zero attached hydrogens (tertiary/aromatic N) is 2. The van der Waals surface area contributed by atoms with Crippen molar-refractivity contribution in [1.29, 1.82) is 0 Å². The van der Waals surface area contributed by atoms with E-state index in [2.05, 4.69) is 68.1 Å². The number of aryl methyl sites for hydroxylation is 2. The minimum absolute atomic E-state index is 0.0179. The van der Waals surface area contributed by atoms with Gasteiger partial charge in [-0.15, -0.1) is 0 Å². The lowest BCUT2D eigenvalue weighted by molar-refractivity contribution is -0.128. The lowest BCUT2D eigenvalue weighted by Crippen LogP contribution is -2.42. The van der Waals surface area contributed by atoms with E-state index in [1.165, 1.54) is 21.9 Å². The van der Waals surface area contributed by atoms with Gasteiger partial charge < -0.3 is 27.1 Å². The Bertz CT molecular complexity index is 1550. The molecule has 1 aliphatic carbocycles. The molecule has 4 aromatic rings. The summed E-state index contributed by atoms with van der Waals surface area (Å²) in [6.45, 7) is 1.01. The van der Waals surface area contributed by atoms with Crippen LogP contribution in [0.5, 0.6) is 0 Å². The van der Waals surface area contributed by atoms with E-state index >= 15 is 0 Å². The number of imidazole rings is 1. The van der Waals surface area contributed by atoms with Crippen molar-refractivity contribution in [3.05, 3.63) is 102 Å². The molecule has 1 heterocycles. The van der Waals surface area contributed by atoms with E-state index in [-0.39, 0.29) is 29.7 Å². The molecule has 1 aromatic heterocycles. The number of carbonyl (C=O) groups is 2. The van der Waals surface area contributed by atoms with Crippen molar-refractivity contribution in [3.8, 4) is 0 Å². The summed E-state index contributed by atoms with van der Waals surface area (Å²) in [5.41, 5.74) is 13.9. The maximum absolute atomic E-state index is 13.9. The summed E-state index contributed by atoms with van der Waals surface area (Å²) >= 11 is 0. The number of fused-ring (bicyclic) bond motifs is 1. The quantitative estimate of drug-likeness (QED) is 0.0755. The van der Waals surface area contributed by atoms with Gasteiger partial charge in [-0.3, -0.25) is 14.6 Å². The maximum Gasteiger partial charge on any atom is 0.226 e. The molecule has 7 N–H and O–H groups in total. The Balaban J connectivity index is 1.26. The van der Waals surface area contributed by atoms with Gasteiger partial charge in [0, 0.05) is 37.4 Å². The molecule has 0 saturated heterocycles. The van der Waals surface area contributed by atoms with E-state index in [0.29, 0.717) is 38.8 Å². The summed E-state index contributed by atoms with van der Waals surface area (Å²) in [5, 5.41) is 8.94. The molecular weight excluding hydrogens is 550 g/mol. The lowest BCUT2D eigenvalue weighted by atomic mass is 9.90. The van der Waals surface area contributed by atoms with E-state index in [1.807, 2.05) is 30.3 Å². The van der Waals surface area contributed by atoms with Crippen LogP contribution in [-0.2, 0) is 28.9 Å². The molecular formula is C35H43N7O2. The van der Waals surface area contributed by atoms with Crippen molar-refractivity contribution in [2.45, 2.75) is 57.4 Å². The number of nitrogens with two attached hydrogens (primary N) is 2. The molecule has 1 saturated carbocycles. The van der Waals surface area contributed by atoms with Gasteiger partial charge >= 0.3 is 0 Å². The summed E-state index contributed by atoms with van der Waals surface area (Å²) in [6, 6.07) is 24.9. The zero-order valence-electron chi connectivity index (χ0n) is 25.2. The standard InChI is InChI=1S/C35H43N7O2/c36-34(37)40-19-6-18-35(33(44)39-20-17-26-11-13-27-9-4-5-10-28(27)21-26)22-30(35)31(15-12-25-7-2-1-3-8-25)42-32(43)16-14-29-23-38-24-41-29/h1-5,7-11,13,21,23-24,30-31H,6,12,14-20,22H2,(H,38,41)(H,39,44)(H,42,43)(H4,36,37,40)/t30-,31+,35-/m0/s1. The van der Waals surface area contributed by atoms with Crippen LogP contribution in [0.25, 0.3) is 10.8 Å². The third kappa shape index (κ3) is 8.24. The summed E-state index contributed by atoms with van der Waals surface area (Å²) in [6.07, 6.45) is 8.67. The fraction of sp³-hybridized carbons (Fsp3) is 0.371. The third-order valence-corrected chi connectivity index (χ3v) is 8.77. The molecule has 2 amide bonds. The van der Waals surface area contributed by atoms with Crippen molar-refractivity contribution >= 4 is 28.5 Å². The SMILES string of the molecule is NC(N)=NCCC[C@]1(C(=O)NCCc2ccc3ccccc3c2)C[C@H]1[C@@H](CCc1ccccc1)NC(=O)CCc1cnc[nH]1. The third-order valence-electron chi connectivity index (χ3n) is 8.77. The molecule has 1 aliphatic rings. The summed E-state index contributed by atoms with van der Waals surface area (Å²) < 4.78 is 0. The van der Waals surface area contributed by atoms with Crippen molar-refractivity contribution < 1.29 is 9.59 Å². The molecule has 0 unspecified atom stereocenters. The van der Waals surface area contributed by atoms with Gasteiger partial charge in [0.05, 0.1) is 11.7 Å². The Morgan fingerprint density at radius 3 is 2.55 bits per heavy atom. The number of nitrogens with one attached hydrogen (secondary N) is 3. The van der Waals surface area contributed by atoms with Crippen LogP contribution in [-0.4, -0.2) is 46.9 Å². The number of aromatic amines is 1. The van der Waals surface area contributed by atoms with Gasteiger partial charge in [0.15, 0.2) is 5.96 Å². The normalized spacial score (nSPS) is 18.0. The molecule has 3 aromatic carbocycles. The topological polar surface area (TPSA) is 151 Å². The molecule has 0 spiro atoms. The van der Waals surface area contributed by atoms with E-state index in [9.17, 15) is 9.59 Å². The molecule has 9 heteroatoms. The van der Waals surface area contributed by atoms with Crippen molar-refractivity contribution in [1.82, 2.24) is 20.6 Å². The highest BCUT2D eigenvalue weighted by Gasteiger charge is 2.61. The molecule has 44 heavy (non-hydrogen) atoms. The average molecular weight is 594 g/mol. The number of hydrogen-bond acceptors (Lipinski definition) is 4. The van der Waals surface area contributed by atoms with Crippen LogP contribution in [0, 0.1) is 11.3 Å². The number of rotatable bonds is 16. The number of hydrogen-bond donors (Lipinski definition) is 5. The summed E-state index contributed by atoms with van der Waals surface area (Å²) in [7, 11) is 0. The van der Waals surface area contributed by atoms with Gasteiger partial charge in [0.2, 0.25) is 11.8 Å². The lowest BCUT2D eigenvalue weighted by Gasteiger charge is -2.24. The molecule has 0 bridgehead atoms. The molecule has 9 nitrogen and oxygen atoms in total. The fourth-order valence-corrected chi connectivity index (χ4v) is 6.31. The molecule has 0 aliphatic heterocycles. The van der Waals surface area contributed by atoms with Crippen molar-refractivity contribution in [3.63, 3.8) is 0 Å². The van der Waals surface area contributed by atoms with Crippen molar-refractivity contribution in [2.24, 2.45) is 27.8 Å². The Labute approximate surface area is 258 Å². The Hall–Kier alpha value is -4.66. The average Bonchev–Trinajstić information content (AvgIpc) is 3.53. The second-order valence-corrected chi connectivity index (χ2v) is 11.8. The monoisotopic (exact) mass is 593 g/mol. The predicted octanol–water partition coefficient (Wildman–Crippen LogP) is 4.03. The van der Waals surface area contributed by atoms with Crippen LogP contribution in [0.3, 0.4) is 0 Å². The number of guanidine groups is 1. The highest BCUT2D eigenvalue weighted by atomic mass is 16.2. The van der Waals surface area contributed by atoms with Gasteiger partial charge in [0.25, 0.3) is 0 Å². The Kier molecular flexibility index (Phi) is 10.3. The summed E-state index contributed by atoms with van der Waals surface area (Å²) in [5.74, 6) is 0.110. The van der Waals surface area contributed by atoms with Crippen LogP contribution in [0.2, 0.25) is 0 Å². The van der Waals surface area contributed by atoms with Crippen LogP contribution in [0.1, 0.15) is 48.9 Å². The van der Waals surface area contributed by atoms with Crippen molar-refractivity contribution in [2.75, 3.05) is 13.1 Å². The van der Waals surface area contributed by atoms with E-state index < -0.39 is 5.41 Å². The van der Waals surface area contributed by atoms with Gasteiger partial charge in [-0.1, -0.05) is 72.8 Å². The van der Waals surface area contributed by atoms with Gasteiger partial charge in [-0.05, 0) is 72.8 Å². The first-order chi connectivity index (χ1) is 21.4. The fourth-order valence-electron chi connectivity index (χ4n) is 6.31. The van der Waals surface area contributed by atoms with E-state index in [1.54, 1.807) is 12.5 Å². The molecule has 0 radical (unpaired) electrons. The van der Waals surface area contributed by atoms with E-state index in [4.69, 9.17) is 11.5 Å². The van der Waals surface area contributed by atoms with Crippen LogP contribution in [0.15, 0.2) is 90.3 Å². The Morgan fingerprint density at radius 1 is 0.977 bits per heavy atom. The largest absolute Gasteiger partial charge is 0.370 e. The van der Waals surface area contributed by atoms with Crippen LogP contribution >= 0.6 is 0 Å². The highest BCUT2D eigenvalue weighted by Crippen LogP contribution is 2.58. The highest BCUT2D eigenvalue weighted by molar-refractivity contribution is 5.87. The number of benzene rings is 3. The Morgan fingerprint density at radius 2 is 1.77 bits per heavy atom. The number of amides is 2. The van der Waals surface area contributed by atoms with Crippen LogP contribution in [0.4, 0.5) is 0 Å². The first-order valence-electron chi connectivity index (χ1n) is 15.5. The summed E-state index contributed by atoms with van der Waals surface area (Å²) in [4.78, 5) is 38.3. The first-order valence-corrected chi connectivity index (χ1v) is 15.5. The second kappa shape index (κ2) is 14.7. The number of aliphatic imine (C=N–C) groups is 1. The predicted molar refractivity (Wildman–Crippen MR) is 175 cm³/mol.